The van der Waals surface area contributed by atoms with Gasteiger partial charge in [0, 0.05) is 13.0 Å². The van der Waals surface area contributed by atoms with Crippen molar-refractivity contribution in [3.8, 4) is 5.75 Å². The second kappa shape index (κ2) is 6.35. The third-order valence-corrected chi connectivity index (χ3v) is 3.45. The van der Waals surface area contributed by atoms with E-state index in [4.69, 9.17) is 9.15 Å². The predicted octanol–water partition coefficient (Wildman–Crippen LogP) is 2.12. The van der Waals surface area contributed by atoms with E-state index in [1.165, 1.54) is 0 Å². The summed E-state index contributed by atoms with van der Waals surface area (Å²) >= 11 is 0. The molecule has 0 saturated carbocycles. The molecule has 5 heteroatoms. The summed E-state index contributed by atoms with van der Waals surface area (Å²) in [6.45, 7) is 1.05. The average Bonchev–Trinajstić information content (AvgIpc) is 3.00. The molecule has 0 aliphatic carbocycles. The van der Waals surface area contributed by atoms with E-state index in [0.717, 1.165) is 23.5 Å². The van der Waals surface area contributed by atoms with Crippen molar-refractivity contribution in [2.75, 3.05) is 13.2 Å². The normalized spacial score (nSPS) is 16.7. The zero-order chi connectivity index (χ0) is 14.5. The standard InChI is InChI=1S/C16H18N2O3/c19-16(17-8-7-14-5-3-9-20-14)18-13-10-12-4-1-2-6-15(12)21-11-13/h1-6,9,13H,7-8,10-11H2,(H2,17,18,19). The van der Waals surface area contributed by atoms with E-state index < -0.39 is 0 Å². The van der Waals surface area contributed by atoms with Crippen molar-refractivity contribution >= 4 is 6.03 Å². The molecule has 2 heterocycles. The van der Waals surface area contributed by atoms with Crippen molar-refractivity contribution < 1.29 is 13.9 Å². The highest BCUT2D eigenvalue weighted by Gasteiger charge is 2.20. The Kier molecular flexibility index (Phi) is 4.09. The quantitative estimate of drug-likeness (QED) is 0.905. The summed E-state index contributed by atoms with van der Waals surface area (Å²) in [7, 11) is 0. The molecule has 0 saturated heterocycles. The van der Waals surface area contributed by atoms with Gasteiger partial charge in [-0.05, 0) is 30.2 Å². The highest BCUT2D eigenvalue weighted by molar-refractivity contribution is 5.74. The number of hydrogen-bond donors (Lipinski definition) is 2. The Morgan fingerprint density at radius 2 is 2.14 bits per heavy atom. The van der Waals surface area contributed by atoms with Crippen LogP contribution in [0.1, 0.15) is 11.3 Å². The van der Waals surface area contributed by atoms with Gasteiger partial charge in [-0.2, -0.15) is 0 Å². The van der Waals surface area contributed by atoms with Crippen molar-refractivity contribution in [3.05, 3.63) is 54.0 Å². The minimum atomic E-state index is -0.172. The summed E-state index contributed by atoms with van der Waals surface area (Å²) < 4.78 is 10.9. The monoisotopic (exact) mass is 286 g/mol. The number of nitrogens with one attached hydrogen (secondary N) is 2. The van der Waals surface area contributed by atoms with Gasteiger partial charge in [-0.3, -0.25) is 0 Å². The minimum Gasteiger partial charge on any atom is -0.491 e. The van der Waals surface area contributed by atoms with Crippen LogP contribution in [0.2, 0.25) is 0 Å². The van der Waals surface area contributed by atoms with Crippen LogP contribution in [0.3, 0.4) is 0 Å². The number of furan rings is 1. The van der Waals surface area contributed by atoms with Gasteiger partial charge in [-0.15, -0.1) is 0 Å². The summed E-state index contributed by atoms with van der Waals surface area (Å²) in [5.74, 6) is 1.78. The molecule has 0 bridgehead atoms. The lowest BCUT2D eigenvalue weighted by atomic mass is 10.0. The van der Waals surface area contributed by atoms with E-state index in [1.54, 1.807) is 6.26 Å². The molecule has 1 atom stereocenters. The fraction of sp³-hybridized carbons (Fsp3) is 0.312. The number of hydrogen-bond acceptors (Lipinski definition) is 3. The van der Waals surface area contributed by atoms with E-state index in [9.17, 15) is 4.79 Å². The summed E-state index contributed by atoms with van der Waals surface area (Å²) in [5, 5.41) is 5.76. The van der Waals surface area contributed by atoms with Gasteiger partial charge in [0.25, 0.3) is 0 Å². The number of amides is 2. The SMILES string of the molecule is O=C(NCCc1ccco1)NC1COc2ccccc2C1. The number of carbonyl (C=O) groups excluding carboxylic acids is 1. The fourth-order valence-electron chi connectivity index (χ4n) is 2.41. The average molecular weight is 286 g/mol. The predicted molar refractivity (Wildman–Crippen MR) is 78.4 cm³/mol. The topological polar surface area (TPSA) is 63.5 Å². The van der Waals surface area contributed by atoms with E-state index in [1.807, 2.05) is 36.4 Å². The molecular weight excluding hydrogens is 268 g/mol. The van der Waals surface area contributed by atoms with Crippen LogP contribution in [0, 0.1) is 0 Å². The first-order valence-electron chi connectivity index (χ1n) is 7.09. The lowest BCUT2D eigenvalue weighted by molar-refractivity contribution is 0.214. The molecule has 21 heavy (non-hydrogen) atoms. The molecule has 2 amide bonds. The molecule has 1 aliphatic rings. The van der Waals surface area contributed by atoms with E-state index in [2.05, 4.69) is 10.6 Å². The third-order valence-electron chi connectivity index (χ3n) is 3.45. The minimum absolute atomic E-state index is 0.00325. The lowest BCUT2D eigenvalue weighted by Gasteiger charge is -2.26. The van der Waals surface area contributed by atoms with Crippen molar-refractivity contribution in [3.63, 3.8) is 0 Å². The number of benzene rings is 1. The van der Waals surface area contributed by atoms with Gasteiger partial charge >= 0.3 is 6.03 Å². The molecule has 0 radical (unpaired) electrons. The van der Waals surface area contributed by atoms with Gasteiger partial charge in [0.1, 0.15) is 18.1 Å². The van der Waals surface area contributed by atoms with Crippen molar-refractivity contribution in [2.45, 2.75) is 18.9 Å². The molecule has 0 spiro atoms. The number of carbonyl (C=O) groups is 1. The van der Waals surface area contributed by atoms with Gasteiger partial charge in [-0.25, -0.2) is 4.79 Å². The number of ether oxygens (including phenoxy) is 1. The van der Waals surface area contributed by atoms with Crippen molar-refractivity contribution in [1.82, 2.24) is 10.6 Å². The molecular formula is C16H18N2O3. The molecule has 3 rings (SSSR count). The summed E-state index contributed by atoms with van der Waals surface area (Å²) in [6.07, 6.45) is 3.11. The van der Waals surface area contributed by atoms with Gasteiger partial charge in [-0.1, -0.05) is 18.2 Å². The third kappa shape index (κ3) is 3.56. The fourth-order valence-corrected chi connectivity index (χ4v) is 2.41. The molecule has 2 N–H and O–H groups in total. The molecule has 1 aromatic carbocycles. The lowest BCUT2D eigenvalue weighted by Crippen LogP contribution is -2.47. The Balaban J connectivity index is 1.43. The summed E-state index contributed by atoms with van der Waals surface area (Å²) in [5.41, 5.74) is 1.13. The van der Waals surface area contributed by atoms with Gasteiger partial charge < -0.3 is 19.8 Å². The van der Waals surface area contributed by atoms with Crippen LogP contribution in [0.15, 0.2) is 47.1 Å². The molecule has 1 aromatic heterocycles. The maximum Gasteiger partial charge on any atom is 0.315 e. The number of fused-ring (bicyclic) bond motifs is 1. The Morgan fingerprint density at radius 3 is 3.00 bits per heavy atom. The van der Waals surface area contributed by atoms with E-state index in [0.29, 0.717) is 19.6 Å². The van der Waals surface area contributed by atoms with Gasteiger partial charge in [0.2, 0.25) is 0 Å². The molecule has 1 aliphatic heterocycles. The summed E-state index contributed by atoms with van der Waals surface area (Å²) in [6, 6.07) is 11.5. The molecule has 5 nitrogen and oxygen atoms in total. The second-order valence-corrected chi connectivity index (χ2v) is 5.05. The van der Waals surface area contributed by atoms with Gasteiger partial charge in [0.05, 0.1) is 12.3 Å². The Hall–Kier alpha value is -2.43. The number of urea groups is 1. The van der Waals surface area contributed by atoms with Crippen LogP contribution in [-0.2, 0) is 12.8 Å². The van der Waals surface area contributed by atoms with Crippen LogP contribution in [-0.4, -0.2) is 25.2 Å². The molecule has 110 valence electrons. The summed E-state index contributed by atoms with van der Waals surface area (Å²) in [4.78, 5) is 11.8. The van der Waals surface area contributed by atoms with Crippen LogP contribution in [0.5, 0.6) is 5.75 Å². The van der Waals surface area contributed by atoms with Crippen LogP contribution >= 0.6 is 0 Å². The maximum atomic E-state index is 11.8. The number of para-hydroxylation sites is 1. The van der Waals surface area contributed by atoms with E-state index in [-0.39, 0.29) is 12.1 Å². The highest BCUT2D eigenvalue weighted by Crippen LogP contribution is 2.23. The molecule has 2 aromatic rings. The Bertz CT molecular complexity index is 595. The van der Waals surface area contributed by atoms with Crippen molar-refractivity contribution in [2.24, 2.45) is 0 Å². The van der Waals surface area contributed by atoms with Crippen LogP contribution in [0.4, 0.5) is 4.79 Å². The first-order chi connectivity index (χ1) is 10.3. The van der Waals surface area contributed by atoms with E-state index >= 15 is 0 Å². The zero-order valence-corrected chi connectivity index (χ0v) is 11.7. The second-order valence-electron chi connectivity index (χ2n) is 5.05. The molecule has 1 unspecified atom stereocenters. The van der Waals surface area contributed by atoms with Crippen LogP contribution in [0.25, 0.3) is 0 Å². The first-order valence-corrected chi connectivity index (χ1v) is 7.09. The van der Waals surface area contributed by atoms with Crippen molar-refractivity contribution in [1.29, 1.82) is 0 Å². The van der Waals surface area contributed by atoms with Gasteiger partial charge in [0.15, 0.2) is 0 Å². The maximum absolute atomic E-state index is 11.8. The number of rotatable bonds is 4. The molecule has 0 fully saturated rings. The Morgan fingerprint density at radius 1 is 1.24 bits per heavy atom. The first kappa shape index (κ1) is 13.5. The Labute approximate surface area is 123 Å². The smallest absolute Gasteiger partial charge is 0.315 e. The zero-order valence-electron chi connectivity index (χ0n) is 11.7. The van der Waals surface area contributed by atoms with Crippen LogP contribution < -0.4 is 15.4 Å². The largest absolute Gasteiger partial charge is 0.491 e. The highest BCUT2D eigenvalue weighted by atomic mass is 16.5.